The third-order valence-corrected chi connectivity index (χ3v) is 4.45. The third kappa shape index (κ3) is 5.12. The Kier molecular flexibility index (Phi) is 6.16. The van der Waals surface area contributed by atoms with Crippen molar-refractivity contribution in [1.29, 1.82) is 0 Å². The van der Waals surface area contributed by atoms with Crippen LogP contribution >= 0.6 is 0 Å². The van der Waals surface area contributed by atoms with E-state index in [-0.39, 0.29) is 23.8 Å². The van der Waals surface area contributed by atoms with Crippen molar-refractivity contribution in [2.45, 2.75) is 32.9 Å². The average molecular weight is 372 g/mol. The molecule has 27 heavy (non-hydrogen) atoms. The first-order valence-corrected chi connectivity index (χ1v) is 9.21. The van der Waals surface area contributed by atoms with Crippen molar-refractivity contribution < 1.29 is 18.7 Å². The van der Waals surface area contributed by atoms with E-state index < -0.39 is 0 Å². The van der Waals surface area contributed by atoms with Gasteiger partial charge in [-0.2, -0.15) is 0 Å². The molecule has 2 amide bonds. The maximum absolute atomic E-state index is 13.0. The molecule has 0 aliphatic carbocycles. The third-order valence-electron chi connectivity index (χ3n) is 4.45. The Morgan fingerprint density at radius 3 is 2.48 bits per heavy atom. The van der Waals surface area contributed by atoms with Crippen molar-refractivity contribution in [1.82, 2.24) is 10.6 Å². The molecule has 2 aromatic carbocycles. The van der Waals surface area contributed by atoms with Crippen molar-refractivity contribution >= 4 is 6.03 Å². The first kappa shape index (κ1) is 19.0. The van der Waals surface area contributed by atoms with E-state index in [1.54, 1.807) is 12.1 Å². The molecule has 0 spiro atoms. The van der Waals surface area contributed by atoms with Gasteiger partial charge in [0, 0.05) is 13.0 Å². The molecule has 1 aliphatic rings. The quantitative estimate of drug-likeness (QED) is 0.828. The van der Waals surface area contributed by atoms with E-state index >= 15 is 0 Å². The number of amides is 2. The lowest BCUT2D eigenvalue weighted by Crippen LogP contribution is -2.39. The topological polar surface area (TPSA) is 59.6 Å². The fourth-order valence-corrected chi connectivity index (χ4v) is 2.99. The molecule has 0 saturated carbocycles. The number of nitrogens with one attached hydrogen (secondary N) is 2. The molecular weight excluding hydrogens is 347 g/mol. The van der Waals surface area contributed by atoms with Crippen LogP contribution in [0.1, 0.15) is 37.4 Å². The van der Waals surface area contributed by atoms with Gasteiger partial charge in [-0.05, 0) is 41.3 Å². The van der Waals surface area contributed by atoms with E-state index in [0.717, 1.165) is 23.3 Å². The molecule has 1 atom stereocenters. The van der Waals surface area contributed by atoms with Gasteiger partial charge >= 0.3 is 6.03 Å². The zero-order chi connectivity index (χ0) is 19.2. The van der Waals surface area contributed by atoms with Gasteiger partial charge < -0.3 is 20.1 Å². The molecule has 0 bridgehead atoms. The molecule has 6 heteroatoms. The first-order valence-electron chi connectivity index (χ1n) is 9.21. The summed E-state index contributed by atoms with van der Waals surface area (Å²) in [4.78, 5) is 12.4. The van der Waals surface area contributed by atoms with Crippen LogP contribution in [0, 0.1) is 11.7 Å². The fourth-order valence-electron chi connectivity index (χ4n) is 2.99. The lowest BCUT2D eigenvalue weighted by Gasteiger charge is -2.24. The van der Waals surface area contributed by atoms with Crippen LogP contribution in [0.25, 0.3) is 0 Å². The highest BCUT2D eigenvalue weighted by Gasteiger charge is 2.21. The second kappa shape index (κ2) is 8.75. The monoisotopic (exact) mass is 372 g/mol. The number of hydrogen-bond acceptors (Lipinski definition) is 3. The highest BCUT2D eigenvalue weighted by molar-refractivity contribution is 5.74. The normalized spacial score (nSPS) is 14.4. The van der Waals surface area contributed by atoms with Gasteiger partial charge in [0.25, 0.3) is 0 Å². The van der Waals surface area contributed by atoms with Gasteiger partial charge in [-0.25, -0.2) is 9.18 Å². The number of hydrogen-bond donors (Lipinski definition) is 2. The highest BCUT2D eigenvalue weighted by Crippen LogP contribution is 2.34. The number of benzene rings is 2. The molecule has 144 valence electrons. The van der Waals surface area contributed by atoms with Gasteiger partial charge in [-0.15, -0.1) is 0 Å². The molecule has 2 N–H and O–H groups in total. The number of urea groups is 1. The number of halogens is 1. The Morgan fingerprint density at radius 2 is 1.78 bits per heavy atom. The lowest BCUT2D eigenvalue weighted by atomic mass is 9.96. The summed E-state index contributed by atoms with van der Waals surface area (Å²) < 4.78 is 24.4. The van der Waals surface area contributed by atoms with E-state index in [2.05, 4.69) is 10.6 Å². The zero-order valence-electron chi connectivity index (χ0n) is 15.6. The summed E-state index contributed by atoms with van der Waals surface area (Å²) in [5.41, 5.74) is 1.80. The average Bonchev–Trinajstić information content (AvgIpc) is 2.90. The maximum atomic E-state index is 13.0. The highest BCUT2D eigenvalue weighted by atomic mass is 19.1. The van der Waals surface area contributed by atoms with Gasteiger partial charge in [-0.1, -0.05) is 32.0 Å². The molecule has 0 radical (unpaired) electrons. The molecule has 0 aromatic heterocycles. The van der Waals surface area contributed by atoms with E-state index in [0.29, 0.717) is 25.5 Å². The Balaban J connectivity index is 1.65. The predicted octanol–water partition coefficient (Wildman–Crippen LogP) is 4.18. The van der Waals surface area contributed by atoms with Gasteiger partial charge in [0.15, 0.2) is 11.5 Å². The van der Waals surface area contributed by atoms with Gasteiger partial charge in [-0.3, -0.25) is 0 Å². The minimum absolute atomic E-state index is 0.171. The van der Waals surface area contributed by atoms with E-state index in [9.17, 15) is 9.18 Å². The van der Waals surface area contributed by atoms with Gasteiger partial charge in [0.05, 0.1) is 19.3 Å². The molecule has 5 nitrogen and oxygen atoms in total. The summed E-state index contributed by atoms with van der Waals surface area (Å²) in [6, 6.07) is 11.4. The second-order valence-electron chi connectivity index (χ2n) is 6.93. The summed E-state index contributed by atoms with van der Waals surface area (Å²) in [6.45, 7) is 5.69. The number of fused-ring (bicyclic) bond motifs is 1. The van der Waals surface area contributed by atoms with Crippen molar-refractivity contribution in [2.75, 3.05) is 13.2 Å². The summed E-state index contributed by atoms with van der Waals surface area (Å²) in [5, 5.41) is 5.83. The van der Waals surface area contributed by atoms with Crippen molar-refractivity contribution in [2.24, 2.45) is 5.92 Å². The molecule has 2 aromatic rings. The van der Waals surface area contributed by atoms with Crippen molar-refractivity contribution in [3.63, 3.8) is 0 Å². The Bertz CT molecular complexity index is 777. The van der Waals surface area contributed by atoms with Gasteiger partial charge in [0.1, 0.15) is 5.82 Å². The van der Waals surface area contributed by atoms with Crippen LogP contribution in [0.5, 0.6) is 11.5 Å². The largest absolute Gasteiger partial charge is 0.490 e. The minimum atomic E-state index is -0.294. The van der Waals surface area contributed by atoms with Crippen LogP contribution in [0.2, 0.25) is 0 Å². The molecule has 0 fully saturated rings. The fraction of sp³-hybridized carbons (Fsp3) is 0.381. The number of carbonyl (C=O) groups is 1. The Labute approximate surface area is 158 Å². The molecule has 0 saturated heterocycles. The van der Waals surface area contributed by atoms with Crippen LogP contribution in [-0.2, 0) is 6.54 Å². The molecule has 3 rings (SSSR count). The number of carbonyl (C=O) groups excluding carboxylic acids is 1. The van der Waals surface area contributed by atoms with Crippen LogP contribution in [0.4, 0.5) is 9.18 Å². The molecule has 1 unspecified atom stereocenters. The van der Waals surface area contributed by atoms with E-state index in [1.165, 1.54) is 12.1 Å². The Morgan fingerprint density at radius 1 is 1.07 bits per heavy atom. The Hall–Kier alpha value is -2.76. The van der Waals surface area contributed by atoms with E-state index in [1.807, 2.05) is 32.0 Å². The van der Waals surface area contributed by atoms with E-state index in [4.69, 9.17) is 9.47 Å². The summed E-state index contributed by atoms with van der Waals surface area (Å²) in [7, 11) is 0. The molecule has 1 aliphatic heterocycles. The van der Waals surface area contributed by atoms with Crippen molar-refractivity contribution in [3.05, 3.63) is 59.4 Å². The minimum Gasteiger partial charge on any atom is -0.490 e. The van der Waals surface area contributed by atoms with Crippen LogP contribution in [0.15, 0.2) is 42.5 Å². The number of ether oxygens (including phenoxy) is 2. The maximum Gasteiger partial charge on any atom is 0.315 e. The van der Waals surface area contributed by atoms with Crippen LogP contribution < -0.4 is 20.1 Å². The standard InChI is InChI=1S/C21H25FN2O3/c1-14(2)20(16-6-9-18-19(12-16)27-11-3-10-26-18)24-21(25)23-13-15-4-7-17(22)8-5-15/h4-9,12,14,20H,3,10-11,13H2,1-2H3,(H2,23,24,25). The van der Waals surface area contributed by atoms with Crippen LogP contribution in [-0.4, -0.2) is 19.2 Å². The second-order valence-corrected chi connectivity index (χ2v) is 6.93. The summed E-state index contributed by atoms with van der Waals surface area (Å²) >= 11 is 0. The smallest absolute Gasteiger partial charge is 0.315 e. The SMILES string of the molecule is CC(C)C(NC(=O)NCc1ccc(F)cc1)c1ccc2c(c1)OCCCO2. The number of rotatable bonds is 5. The predicted molar refractivity (Wildman–Crippen MR) is 101 cm³/mol. The summed E-state index contributed by atoms with van der Waals surface area (Å²) in [6.07, 6.45) is 0.849. The molecule has 1 heterocycles. The van der Waals surface area contributed by atoms with Crippen LogP contribution in [0.3, 0.4) is 0 Å². The van der Waals surface area contributed by atoms with Gasteiger partial charge in [0.2, 0.25) is 0 Å². The zero-order valence-corrected chi connectivity index (χ0v) is 15.6. The van der Waals surface area contributed by atoms with Crippen molar-refractivity contribution in [3.8, 4) is 11.5 Å². The summed E-state index contributed by atoms with van der Waals surface area (Å²) in [5.74, 6) is 1.34. The lowest BCUT2D eigenvalue weighted by molar-refractivity contribution is 0.232. The first-order chi connectivity index (χ1) is 13.0. The molecular formula is C21H25FN2O3.